The highest BCUT2D eigenvalue weighted by atomic mass is 16.5. The Labute approximate surface area is 156 Å². The van der Waals surface area contributed by atoms with Crippen LogP contribution < -0.4 is 4.74 Å². The van der Waals surface area contributed by atoms with Crippen LogP contribution in [0.3, 0.4) is 0 Å². The fraction of sp³-hybridized carbons (Fsp3) is 0.0909. The van der Waals surface area contributed by atoms with Crippen molar-refractivity contribution in [2.75, 3.05) is 0 Å². The van der Waals surface area contributed by atoms with Crippen molar-refractivity contribution < 1.29 is 14.6 Å². The number of ether oxygens (including phenoxy) is 1. The normalized spacial score (nSPS) is 10.9. The summed E-state index contributed by atoms with van der Waals surface area (Å²) in [6.45, 7) is 2.55. The number of benzene rings is 3. The van der Waals surface area contributed by atoms with E-state index in [-0.39, 0.29) is 5.56 Å². The van der Waals surface area contributed by atoms with Crippen molar-refractivity contribution in [1.29, 1.82) is 0 Å². The lowest BCUT2D eigenvalue weighted by Gasteiger charge is -2.07. The lowest BCUT2D eigenvalue weighted by atomic mass is 10.1. The van der Waals surface area contributed by atoms with E-state index in [1.54, 1.807) is 18.2 Å². The van der Waals surface area contributed by atoms with Crippen LogP contribution in [-0.4, -0.2) is 21.0 Å². The lowest BCUT2D eigenvalue weighted by Crippen LogP contribution is -1.95. The number of imidazole rings is 1. The number of carboxylic acids is 1. The molecule has 27 heavy (non-hydrogen) atoms. The number of hydrogen-bond donors (Lipinski definition) is 2. The molecular weight excluding hydrogens is 340 g/mol. The SMILES string of the molecule is Cc1ccc(COc2cccc(-c3nc4ccc(C(=O)O)cc4[nH]3)c2)cc1. The van der Waals surface area contributed by atoms with Crippen molar-refractivity contribution >= 4 is 17.0 Å². The summed E-state index contributed by atoms with van der Waals surface area (Å²) in [5.74, 6) is 0.465. The maximum Gasteiger partial charge on any atom is 0.335 e. The summed E-state index contributed by atoms with van der Waals surface area (Å²) >= 11 is 0. The Kier molecular flexibility index (Phi) is 4.34. The van der Waals surface area contributed by atoms with Gasteiger partial charge in [-0.05, 0) is 42.8 Å². The van der Waals surface area contributed by atoms with Gasteiger partial charge >= 0.3 is 5.97 Å². The number of carbonyl (C=O) groups is 1. The molecule has 134 valence electrons. The molecule has 2 N–H and O–H groups in total. The average Bonchev–Trinajstić information content (AvgIpc) is 3.11. The van der Waals surface area contributed by atoms with Gasteiger partial charge in [-0.1, -0.05) is 42.0 Å². The Morgan fingerprint density at radius 3 is 2.67 bits per heavy atom. The van der Waals surface area contributed by atoms with Crippen LogP contribution in [0.5, 0.6) is 5.75 Å². The molecule has 0 amide bonds. The van der Waals surface area contributed by atoms with E-state index >= 15 is 0 Å². The van der Waals surface area contributed by atoms with Gasteiger partial charge in [0.25, 0.3) is 0 Å². The minimum Gasteiger partial charge on any atom is -0.489 e. The first kappa shape index (κ1) is 16.8. The van der Waals surface area contributed by atoms with Crippen LogP contribution in [0.15, 0.2) is 66.7 Å². The number of nitrogens with one attached hydrogen (secondary N) is 1. The number of hydrogen-bond acceptors (Lipinski definition) is 3. The van der Waals surface area contributed by atoms with Gasteiger partial charge < -0.3 is 14.8 Å². The molecule has 5 nitrogen and oxygen atoms in total. The fourth-order valence-corrected chi connectivity index (χ4v) is 2.86. The number of rotatable bonds is 5. The minimum atomic E-state index is -0.959. The maximum absolute atomic E-state index is 11.1. The molecule has 0 aliphatic rings. The zero-order valence-corrected chi connectivity index (χ0v) is 14.8. The summed E-state index contributed by atoms with van der Waals surface area (Å²) in [6.07, 6.45) is 0. The van der Waals surface area contributed by atoms with E-state index in [0.717, 1.165) is 22.4 Å². The van der Waals surface area contributed by atoms with E-state index in [1.807, 2.05) is 24.3 Å². The molecule has 0 saturated heterocycles. The summed E-state index contributed by atoms with van der Waals surface area (Å²) in [5, 5.41) is 9.12. The number of carboxylic acid groups (broad SMARTS) is 1. The molecule has 0 radical (unpaired) electrons. The predicted octanol–water partition coefficient (Wildman–Crippen LogP) is 4.82. The first-order chi connectivity index (χ1) is 13.1. The van der Waals surface area contributed by atoms with E-state index in [1.165, 1.54) is 5.56 Å². The standard InChI is InChI=1S/C22H18N2O3/c1-14-5-7-15(8-6-14)13-27-18-4-2-3-16(11-18)21-23-19-10-9-17(22(25)26)12-20(19)24-21/h2-12H,13H2,1H3,(H,23,24)(H,25,26). The van der Waals surface area contributed by atoms with Gasteiger partial charge in [-0.3, -0.25) is 0 Å². The quantitative estimate of drug-likeness (QED) is 0.536. The molecule has 0 atom stereocenters. The third-order valence-electron chi connectivity index (χ3n) is 4.36. The molecule has 1 aromatic heterocycles. The van der Waals surface area contributed by atoms with Gasteiger partial charge in [-0.25, -0.2) is 9.78 Å². The summed E-state index contributed by atoms with van der Waals surface area (Å²) in [4.78, 5) is 18.9. The van der Waals surface area contributed by atoms with Crippen molar-refractivity contribution in [2.24, 2.45) is 0 Å². The number of fused-ring (bicyclic) bond motifs is 1. The van der Waals surface area contributed by atoms with E-state index in [2.05, 4.69) is 41.2 Å². The highest BCUT2D eigenvalue weighted by Crippen LogP contribution is 2.25. The van der Waals surface area contributed by atoms with Gasteiger partial charge in [0.15, 0.2) is 0 Å². The molecule has 0 saturated carbocycles. The summed E-state index contributed by atoms with van der Waals surface area (Å²) in [6, 6.07) is 20.8. The molecule has 4 rings (SSSR count). The van der Waals surface area contributed by atoms with E-state index in [9.17, 15) is 4.79 Å². The Hall–Kier alpha value is -3.60. The van der Waals surface area contributed by atoms with E-state index < -0.39 is 5.97 Å². The molecule has 1 heterocycles. The van der Waals surface area contributed by atoms with Crippen molar-refractivity contribution in [3.05, 3.63) is 83.4 Å². The zero-order valence-electron chi connectivity index (χ0n) is 14.8. The molecule has 0 bridgehead atoms. The summed E-state index contributed by atoms with van der Waals surface area (Å²) < 4.78 is 5.90. The number of aromatic amines is 1. The molecular formula is C22H18N2O3. The molecule has 0 aliphatic carbocycles. The van der Waals surface area contributed by atoms with Crippen LogP contribution >= 0.6 is 0 Å². The molecule has 0 unspecified atom stereocenters. The van der Waals surface area contributed by atoms with Gasteiger partial charge in [-0.15, -0.1) is 0 Å². The monoisotopic (exact) mass is 358 g/mol. The lowest BCUT2D eigenvalue weighted by molar-refractivity contribution is 0.0697. The second-order valence-electron chi connectivity index (χ2n) is 6.42. The molecule has 0 fully saturated rings. The second kappa shape index (κ2) is 6.96. The van der Waals surface area contributed by atoms with E-state index in [0.29, 0.717) is 17.9 Å². The van der Waals surface area contributed by atoms with Crippen LogP contribution in [0.4, 0.5) is 0 Å². The van der Waals surface area contributed by atoms with Crippen molar-refractivity contribution in [3.8, 4) is 17.1 Å². The largest absolute Gasteiger partial charge is 0.489 e. The number of aromatic carboxylic acids is 1. The first-order valence-electron chi connectivity index (χ1n) is 8.60. The van der Waals surface area contributed by atoms with Crippen LogP contribution in [0.25, 0.3) is 22.4 Å². The van der Waals surface area contributed by atoms with Gasteiger partial charge in [0.05, 0.1) is 16.6 Å². The highest BCUT2D eigenvalue weighted by molar-refractivity contribution is 5.93. The maximum atomic E-state index is 11.1. The molecule has 4 aromatic rings. The first-order valence-corrected chi connectivity index (χ1v) is 8.60. The van der Waals surface area contributed by atoms with Crippen LogP contribution in [-0.2, 0) is 6.61 Å². The smallest absolute Gasteiger partial charge is 0.335 e. The van der Waals surface area contributed by atoms with Gasteiger partial charge in [0, 0.05) is 5.56 Å². The number of nitrogens with zero attached hydrogens (tertiary/aromatic N) is 1. The Balaban J connectivity index is 1.57. The molecule has 3 aromatic carbocycles. The average molecular weight is 358 g/mol. The molecule has 5 heteroatoms. The number of H-pyrrole nitrogens is 1. The van der Waals surface area contributed by atoms with Crippen molar-refractivity contribution in [1.82, 2.24) is 9.97 Å². The van der Waals surface area contributed by atoms with Crippen LogP contribution in [0, 0.1) is 6.92 Å². The van der Waals surface area contributed by atoms with Gasteiger partial charge in [-0.2, -0.15) is 0 Å². The Bertz CT molecular complexity index is 1110. The Morgan fingerprint density at radius 1 is 1.07 bits per heavy atom. The van der Waals surface area contributed by atoms with Crippen molar-refractivity contribution in [2.45, 2.75) is 13.5 Å². The van der Waals surface area contributed by atoms with Crippen LogP contribution in [0.1, 0.15) is 21.5 Å². The second-order valence-corrected chi connectivity index (χ2v) is 6.42. The molecule has 0 aliphatic heterocycles. The summed E-state index contributed by atoms with van der Waals surface area (Å²) in [5.41, 5.74) is 4.85. The topological polar surface area (TPSA) is 75.2 Å². The van der Waals surface area contributed by atoms with E-state index in [4.69, 9.17) is 9.84 Å². The third-order valence-corrected chi connectivity index (χ3v) is 4.36. The minimum absolute atomic E-state index is 0.230. The third kappa shape index (κ3) is 3.67. The zero-order chi connectivity index (χ0) is 18.8. The highest BCUT2D eigenvalue weighted by Gasteiger charge is 2.09. The van der Waals surface area contributed by atoms with Gasteiger partial charge in [0.1, 0.15) is 18.2 Å². The number of aryl methyl sites for hydroxylation is 1. The van der Waals surface area contributed by atoms with Crippen LogP contribution in [0.2, 0.25) is 0 Å². The van der Waals surface area contributed by atoms with Gasteiger partial charge in [0.2, 0.25) is 0 Å². The molecule has 0 spiro atoms. The number of aromatic nitrogens is 2. The fourth-order valence-electron chi connectivity index (χ4n) is 2.86. The Morgan fingerprint density at radius 2 is 1.89 bits per heavy atom. The predicted molar refractivity (Wildman–Crippen MR) is 104 cm³/mol. The summed E-state index contributed by atoms with van der Waals surface area (Å²) in [7, 11) is 0. The van der Waals surface area contributed by atoms with Crippen molar-refractivity contribution in [3.63, 3.8) is 0 Å².